The van der Waals surface area contributed by atoms with Crippen molar-refractivity contribution in [1.82, 2.24) is 0 Å². The average Bonchev–Trinajstić information content (AvgIpc) is 3.23. The summed E-state index contributed by atoms with van der Waals surface area (Å²) in [5.41, 5.74) is 0. The first-order chi connectivity index (χ1) is 29.0. The molecule has 0 fully saturated rings. The maximum atomic E-state index is 12.8. The number of carbonyl (C=O) groups is 3. The number of hydrogen-bond acceptors (Lipinski definition) is 6. The van der Waals surface area contributed by atoms with Crippen molar-refractivity contribution in [3.05, 3.63) is 48.6 Å². The molecule has 0 spiro atoms. The normalized spacial score (nSPS) is 12.4. The van der Waals surface area contributed by atoms with Crippen molar-refractivity contribution < 1.29 is 28.6 Å². The number of hydrogen-bond donors (Lipinski definition) is 0. The van der Waals surface area contributed by atoms with Gasteiger partial charge in [0.05, 0.1) is 0 Å². The molecule has 1 unspecified atom stereocenters. The van der Waals surface area contributed by atoms with Gasteiger partial charge in [-0.25, -0.2) is 0 Å². The van der Waals surface area contributed by atoms with Gasteiger partial charge in [-0.15, -0.1) is 0 Å². The molecule has 0 bridgehead atoms. The highest BCUT2D eigenvalue weighted by Gasteiger charge is 2.19. The fourth-order valence-corrected chi connectivity index (χ4v) is 7.05. The van der Waals surface area contributed by atoms with E-state index in [9.17, 15) is 14.4 Å². The lowest BCUT2D eigenvalue weighted by molar-refractivity contribution is -0.167. The van der Waals surface area contributed by atoms with Gasteiger partial charge in [0.1, 0.15) is 13.2 Å². The molecule has 0 saturated carbocycles. The van der Waals surface area contributed by atoms with Crippen LogP contribution in [0.25, 0.3) is 0 Å². The van der Waals surface area contributed by atoms with E-state index in [1.165, 1.54) is 128 Å². The van der Waals surface area contributed by atoms with Gasteiger partial charge in [0.15, 0.2) is 6.10 Å². The van der Waals surface area contributed by atoms with Crippen LogP contribution in [0.2, 0.25) is 0 Å². The molecule has 0 aromatic heterocycles. The molecule has 0 aliphatic heterocycles. The van der Waals surface area contributed by atoms with Gasteiger partial charge in [-0.2, -0.15) is 0 Å². The molecule has 0 aromatic rings. The van der Waals surface area contributed by atoms with Crippen molar-refractivity contribution in [3.63, 3.8) is 0 Å². The molecule has 6 nitrogen and oxygen atoms in total. The van der Waals surface area contributed by atoms with Crippen molar-refractivity contribution in [2.75, 3.05) is 13.2 Å². The van der Waals surface area contributed by atoms with Gasteiger partial charge in [-0.1, -0.05) is 211 Å². The molecule has 0 heterocycles. The van der Waals surface area contributed by atoms with E-state index in [-0.39, 0.29) is 37.5 Å². The van der Waals surface area contributed by atoms with Gasteiger partial charge in [-0.05, 0) is 70.6 Å². The predicted molar refractivity (Wildman–Crippen MR) is 252 cm³/mol. The van der Waals surface area contributed by atoms with Crippen molar-refractivity contribution >= 4 is 17.9 Å². The first-order valence-corrected chi connectivity index (χ1v) is 25.1. The topological polar surface area (TPSA) is 78.9 Å². The van der Waals surface area contributed by atoms with E-state index in [1.807, 2.05) is 0 Å². The van der Waals surface area contributed by atoms with Gasteiger partial charge < -0.3 is 14.2 Å². The summed E-state index contributed by atoms with van der Waals surface area (Å²) in [5, 5.41) is 0. The summed E-state index contributed by atoms with van der Waals surface area (Å²) in [7, 11) is 0. The van der Waals surface area contributed by atoms with E-state index in [2.05, 4.69) is 69.4 Å². The monoisotopic (exact) mass is 827 g/mol. The molecule has 0 aliphatic carbocycles. The van der Waals surface area contributed by atoms with Crippen LogP contribution in [0.4, 0.5) is 0 Å². The maximum absolute atomic E-state index is 12.8. The van der Waals surface area contributed by atoms with Crippen LogP contribution in [0.15, 0.2) is 48.6 Å². The summed E-state index contributed by atoms with van der Waals surface area (Å²) in [6, 6.07) is 0. The fraction of sp³-hybridized carbons (Fsp3) is 0.792. The Bertz CT molecular complexity index is 1040. The Hall–Kier alpha value is -2.63. The van der Waals surface area contributed by atoms with Crippen LogP contribution in [-0.4, -0.2) is 37.2 Å². The molecule has 342 valence electrons. The van der Waals surface area contributed by atoms with Gasteiger partial charge in [0, 0.05) is 19.3 Å². The minimum Gasteiger partial charge on any atom is -0.462 e. The highest BCUT2D eigenvalue weighted by atomic mass is 16.6. The standard InChI is InChI=1S/C53H94O6/c1-4-7-10-13-16-19-22-24-26-27-29-31-34-37-40-43-46-52(55)58-49-50(48-57-51(54)45-42-39-36-33-30-21-18-15-12-9-6-3)59-53(56)47-44-41-38-35-32-28-25-23-20-17-14-11-8-5-2/h9,12,18,21,28,32-33,36,50H,4-8,10-11,13-17,19-20,22-27,29-31,34-35,37-49H2,1-3H3/b12-9-,21-18-,32-28-,36-33-. The van der Waals surface area contributed by atoms with E-state index in [4.69, 9.17) is 14.2 Å². The third kappa shape index (κ3) is 46.3. The molecule has 0 amide bonds. The van der Waals surface area contributed by atoms with Crippen molar-refractivity contribution in [1.29, 1.82) is 0 Å². The smallest absolute Gasteiger partial charge is 0.306 e. The Morgan fingerprint density at radius 2 is 0.678 bits per heavy atom. The number of unbranched alkanes of at least 4 members (excludes halogenated alkanes) is 26. The number of esters is 3. The molecule has 0 aromatic carbocycles. The lowest BCUT2D eigenvalue weighted by atomic mass is 10.0. The molecular formula is C53H94O6. The van der Waals surface area contributed by atoms with Crippen LogP contribution >= 0.6 is 0 Å². The number of carbonyl (C=O) groups excluding carboxylic acids is 3. The molecule has 0 N–H and O–H groups in total. The van der Waals surface area contributed by atoms with E-state index in [0.717, 1.165) is 77.0 Å². The zero-order chi connectivity index (χ0) is 43.0. The summed E-state index contributed by atoms with van der Waals surface area (Å²) >= 11 is 0. The van der Waals surface area contributed by atoms with Gasteiger partial charge in [-0.3, -0.25) is 14.4 Å². The maximum Gasteiger partial charge on any atom is 0.306 e. The highest BCUT2D eigenvalue weighted by Crippen LogP contribution is 2.15. The summed E-state index contributed by atoms with van der Waals surface area (Å²) < 4.78 is 16.7. The second-order valence-electron chi connectivity index (χ2n) is 16.7. The van der Waals surface area contributed by atoms with E-state index < -0.39 is 6.10 Å². The second kappa shape index (κ2) is 48.0. The van der Waals surface area contributed by atoms with Crippen LogP contribution in [0.1, 0.15) is 252 Å². The Kier molecular flexibility index (Phi) is 45.9. The summed E-state index contributed by atoms with van der Waals surface area (Å²) in [6.07, 6.45) is 56.8. The molecule has 59 heavy (non-hydrogen) atoms. The molecule has 0 saturated heterocycles. The molecule has 0 aliphatic rings. The van der Waals surface area contributed by atoms with Crippen LogP contribution in [0, 0.1) is 0 Å². The van der Waals surface area contributed by atoms with Crippen molar-refractivity contribution in [2.45, 2.75) is 258 Å². The largest absolute Gasteiger partial charge is 0.462 e. The van der Waals surface area contributed by atoms with Crippen LogP contribution in [0.5, 0.6) is 0 Å². The zero-order valence-electron chi connectivity index (χ0n) is 39.0. The minimum absolute atomic E-state index is 0.0925. The highest BCUT2D eigenvalue weighted by molar-refractivity contribution is 5.71. The molecule has 6 heteroatoms. The Balaban J connectivity index is 4.40. The fourth-order valence-electron chi connectivity index (χ4n) is 7.05. The molecular weight excluding hydrogens is 733 g/mol. The number of allylic oxidation sites excluding steroid dienone is 8. The van der Waals surface area contributed by atoms with Crippen LogP contribution < -0.4 is 0 Å². The van der Waals surface area contributed by atoms with Gasteiger partial charge >= 0.3 is 17.9 Å². The van der Waals surface area contributed by atoms with E-state index >= 15 is 0 Å². The predicted octanol–water partition coefficient (Wildman–Crippen LogP) is 16.3. The quantitative estimate of drug-likeness (QED) is 0.0263. The lowest BCUT2D eigenvalue weighted by Crippen LogP contribution is -2.30. The van der Waals surface area contributed by atoms with E-state index in [0.29, 0.717) is 19.3 Å². The Morgan fingerprint density at radius 3 is 1.14 bits per heavy atom. The average molecular weight is 827 g/mol. The Labute approximate surface area is 365 Å². The third-order valence-electron chi connectivity index (χ3n) is 10.8. The molecule has 1 atom stereocenters. The second-order valence-corrected chi connectivity index (χ2v) is 16.7. The number of ether oxygens (including phenoxy) is 3. The third-order valence-corrected chi connectivity index (χ3v) is 10.8. The van der Waals surface area contributed by atoms with Crippen molar-refractivity contribution in [2.24, 2.45) is 0 Å². The van der Waals surface area contributed by atoms with Gasteiger partial charge in [0.25, 0.3) is 0 Å². The first kappa shape index (κ1) is 56.4. The van der Waals surface area contributed by atoms with Crippen molar-refractivity contribution in [3.8, 4) is 0 Å². The zero-order valence-corrected chi connectivity index (χ0v) is 39.0. The Morgan fingerprint density at radius 1 is 0.356 bits per heavy atom. The lowest BCUT2D eigenvalue weighted by Gasteiger charge is -2.18. The summed E-state index contributed by atoms with van der Waals surface area (Å²) in [5.74, 6) is -0.960. The number of rotatable bonds is 45. The minimum atomic E-state index is -0.797. The van der Waals surface area contributed by atoms with Crippen LogP contribution in [0.3, 0.4) is 0 Å². The molecule has 0 radical (unpaired) electrons. The van der Waals surface area contributed by atoms with Gasteiger partial charge in [0.2, 0.25) is 0 Å². The molecule has 0 rings (SSSR count). The van der Waals surface area contributed by atoms with Crippen LogP contribution in [-0.2, 0) is 28.6 Å². The van der Waals surface area contributed by atoms with E-state index in [1.54, 1.807) is 0 Å². The summed E-state index contributed by atoms with van der Waals surface area (Å²) in [6.45, 7) is 6.47. The SMILES string of the molecule is CC/C=C\C/C=C\C/C=C\CCCC(=O)OCC(COC(=O)CCCCCCCCCCCCCCCCCC)OC(=O)CCCCC/C=C\CCCCCCCCC. The first-order valence-electron chi connectivity index (χ1n) is 25.1. The summed E-state index contributed by atoms with van der Waals surface area (Å²) in [4.78, 5) is 37.8.